The van der Waals surface area contributed by atoms with E-state index in [1.165, 1.54) is 6.92 Å². The summed E-state index contributed by atoms with van der Waals surface area (Å²) in [5.41, 5.74) is -5.50. The summed E-state index contributed by atoms with van der Waals surface area (Å²) in [5.74, 6) is -3.14. The second-order valence-corrected chi connectivity index (χ2v) is 11.7. The van der Waals surface area contributed by atoms with Crippen molar-refractivity contribution in [2.24, 2.45) is 16.7 Å². The maximum absolute atomic E-state index is 14.2. The average Bonchev–Trinajstić information content (AvgIpc) is 2.84. The van der Waals surface area contributed by atoms with Crippen LogP contribution in [0.4, 0.5) is 0 Å². The standard InChI is InChI=1S/C29H34O9/c1-15-18(31)13-29(35)24(37-25(34)17-9-7-6-8-10-17)22-27(5,23(33)21(32)20(15)26(29,3)4)12-11-19-28(22,14-36-19)38-16(2)30/h6-12,18-19,21-22,24,31-32,35H,13-14H2,1-5H3/t18-,19?,21+,22-,24-,27+,28-,29+/m0/s1. The fourth-order valence-electron chi connectivity index (χ4n) is 7.21. The Morgan fingerprint density at radius 3 is 2.34 bits per heavy atom. The van der Waals surface area contributed by atoms with Crippen LogP contribution in [0.2, 0.25) is 0 Å². The number of fused-ring (bicyclic) bond motifs is 5. The first-order valence-corrected chi connectivity index (χ1v) is 12.8. The van der Waals surface area contributed by atoms with E-state index in [-0.39, 0.29) is 24.2 Å². The van der Waals surface area contributed by atoms with Crippen molar-refractivity contribution in [3.05, 3.63) is 59.2 Å². The first kappa shape index (κ1) is 26.7. The molecule has 5 rings (SSSR count). The quantitative estimate of drug-likeness (QED) is 0.398. The van der Waals surface area contributed by atoms with Crippen molar-refractivity contribution in [3.63, 3.8) is 0 Å². The van der Waals surface area contributed by atoms with E-state index < -0.39 is 70.1 Å². The highest BCUT2D eigenvalue weighted by Crippen LogP contribution is 2.62. The molecule has 9 heteroatoms. The number of hydrogen-bond donors (Lipinski definition) is 3. The highest BCUT2D eigenvalue weighted by molar-refractivity contribution is 5.95. The molecule has 1 aromatic rings. The van der Waals surface area contributed by atoms with E-state index in [4.69, 9.17) is 14.2 Å². The van der Waals surface area contributed by atoms with Gasteiger partial charge < -0.3 is 29.5 Å². The van der Waals surface area contributed by atoms with Gasteiger partial charge in [-0.15, -0.1) is 0 Å². The van der Waals surface area contributed by atoms with Gasteiger partial charge in [0.25, 0.3) is 0 Å². The minimum absolute atomic E-state index is 0.106. The van der Waals surface area contributed by atoms with Crippen molar-refractivity contribution in [1.29, 1.82) is 0 Å². The number of hydrogen-bond acceptors (Lipinski definition) is 9. The molecule has 3 aliphatic carbocycles. The molecule has 1 saturated heterocycles. The van der Waals surface area contributed by atoms with Gasteiger partial charge in [-0.2, -0.15) is 0 Å². The molecule has 1 unspecified atom stereocenters. The SMILES string of the molecule is CC(=O)O[C@@]12COC1C=C[C@@]1(C)C(=O)[C@H](O)C3=C(C)[C@@H](O)C[C@@](O)([C@@H](OC(=O)c4ccccc4)[C@@H]12)C3(C)C. The van der Waals surface area contributed by atoms with E-state index in [9.17, 15) is 29.7 Å². The molecular weight excluding hydrogens is 492 g/mol. The van der Waals surface area contributed by atoms with Gasteiger partial charge in [0.15, 0.2) is 11.4 Å². The molecule has 3 N–H and O–H groups in total. The maximum Gasteiger partial charge on any atom is 0.338 e. The predicted octanol–water partition coefficient (Wildman–Crippen LogP) is 1.89. The third kappa shape index (κ3) is 3.42. The van der Waals surface area contributed by atoms with Crippen LogP contribution in [0.25, 0.3) is 0 Å². The lowest BCUT2D eigenvalue weighted by Crippen LogP contribution is -2.78. The van der Waals surface area contributed by atoms with Crippen LogP contribution < -0.4 is 0 Å². The topological polar surface area (TPSA) is 140 Å². The number of rotatable bonds is 3. The molecule has 2 fully saturated rings. The van der Waals surface area contributed by atoms with Crippen LogP contribution in [0.15, 0.2) is 53.6 Å². The molecule has 0 spiro atoms. The van der Waals surface area contributed by atoms with Gasteiger partial charge in [-0.3, -0.25) is 9.59 Å². The third-order valence-corrected chi connectivity index (χ3v) is 9.35. The van der Waals surface area contributed by atoms with Gasteiger partial charge in [0.2, 0.25) is 0 Å². The molecule has 0 aromatic heterocycles. The van der Waals surface area contributed by atoms with Crippen LogP contribution in [0.1, 0.15) is 51.4 Å². The summed E-state index contributed by atoms with van der Waals surface area (Å²) in [5, 5.41) is 35.2. The van der Waals surface area contributed by atoms with Crippen molar-refractivity contribution in [1.82, 2.24) is 0 Å². The van der Waals surface area contributed by atoms with Gasteiger partial charge in [-0.05, 0) is 37.1 Å². The Bertz CT molecular complexity index is 1250. The van der Waals surface area contributed by atoms with E-state index in [2.05, 4.69) is 0 Å². The maximum atomic E-state index is 14.2. The minimum Gasteiger partial charge on any atom is -0.455 e. The van der Waals surface area contributed by atoms with Crippen molar-refractivity contribution in [2.75, 3.05) is 6.61 Å². The average molecular weight is 527 g/mol. The molecule has 204 valence electrons. The van der Waals surface area contributed by atoms with Gasteiger partial charge >= 0.3 is 11.9 Å². The molecular formula is C29H34O9. The van der Waals surface area contributed by atoms with E-state index in [1.54, 1.807) is 70.2 Å². The summed E-state index contributed by atoms with van der Waals surface area (Å²) in [7, 11) is 0. The van der Waals surface area contributed by atoms with E-state index in [0.717, 1.165) is 0 Å². The van der Waals surface area contributed by atoms with Crippen LogP contribution in [0, 0.1) is 16.7 Å². The fourth-order valence-corrected chi connectivity index (χ4v) is 7.21. The van der Waals surface area contributed by atoms with Crippen molar-refractivity contribution >= 4 is 17.7 Å². The number of aliphatic hydroxyl groups excluding tert-OH is 2. The first-order valence-electron chi connectivity index (χ1n) is 12.8. The number of aliphatic hydroxyl groups is 3. The van der Waals surface area contributed by atoms with Gasteiger partial charge in [-0.25, -0.2) is 4.79 Å². The van der Waals surface area contributed by atoms with Gasteiger partial charge in [0, 0.05) is 18.8 Å². The van der Waals surface area contributed by atoms with Crippen LogP contribution in [-0.4, -0.2) is 75.3 Å². The monoisotopic (exact) mass is 526 g/mol. The Hall–Kier alpha value is -2.85. The molecule has 4 aliphatic rings. The Kier molecular flexibility index (Phi) is 6.04. The molecule has 9 nitrogen and oxygen atoms in total. The lowest BCUT2D eigenvalue weighted by atomic mass is 9.46. The normalized spacial score (nSPS) is 41.2. The molecule has 2 bridgehead atoms. The third-order valence-electron chi connectivity index (χ3n) is 9.35. The summed E-state index contributed by atoms with van der Waals surface area (Å²) in [6, 6.07) is 8.22. The molecule has 1 heterocycles. The number of ketones is 1. The summed E-state index contributed by atoms with van der Waals surface area (Å²) >= 11 is 0. The van der Waals surface area contributed by atoms with Gasteiger partial charge in [0.05, 0.1) is 29.6 Å². The number of allylic oxidation sites excluding steroid dienone is 1. The summed E-state index contributed by atoms with van der Waals surface area (Å²) in [4.78, 5) is 40.1. The Morgan fingerprint density at radius 2 is 1.76 bits per heavy atom. The first-order chi connectivity index (χ1) is 17.7. The minimum atomic E-state index is -1.97. The van der Waals surface area contributed by atoms with E-state index in [1.807, 2.05) is 0 Å². The lowest BCUT2D eigenvalue weighted by molar-refractivity contribution is -0.306. The highest BCUT2D eigenvalue weighted by Gasteiger charge is 2.74. The number of carbonyl (C=O) groups excluding carboxylic acids is 3. The van der Waals surface area contributed by atoms with Crippen LogP contribution >= 0.6 is 0 Å². The highest BCUT2D eigenvalue weighted by atomic mass is 16.6. The van der Waals surface area contributed by atoms with Crippen LogP contribution in [0.3, 0.4) is 0 Å². The molecule has 0 radical (unpaired) electrons. The summed E-state index contributed by atoms with van der Waals surface area (Å²) in [6.07, 6.45) is -2.12. The largest absolute Gasteiger partial charge is 0.455 e. The zero-order chi connectivity index (χ0) is 27.8. The fraction of sp³-hybridized carbons (Fsp3) is 0.552. The Morgan fingerprint density at radius 1 is 1.11 bits per heavy atom. The smallest absolute Gasteiger partial charge is 0.338 e. The van der Waals surface area contributed by atoms with E-state index >= 15 is 0 Å². The number of esters is 2. The Balaban J connectivity index is 1.80. The molecule has 1 saturated carbocycles. The molecule has 38 heavy (non-hydrogen) atoms. The molecule has 1 aliphatic heterocycles. The van der Waals surface area contributed by atoms with Gasteiger partial charge in [-0.1, -0.05) is 44.2 Å². The van der Waals surface area contributed by atoms with Crippen LogP contribution in [-0.2, 0) is 23.8 Å². The van der Waals surface area contributed by atoms with Crippen molar-refractivity contribution in [2.45, 2.75) is 76.7 Å². The van der Waals surface area contributed by atoms with E-state index in [0.29, 0.717) is 5.57 Å². The predicted molar refractivity (Wildman–Crippen MR) is 134 cm³/mol. The van der Waals surface area contributed by atoms with Gasteiger partial charge in [0.1, 0.15) is 23.9 Å². The zero-order valence-corrected chi connectivity index (χ0v) is 22.1. The molecule has 0 amide bonds. The number of ether oxygens (including phenoxy) is 3. The zero-order valence-electron chi connectivity index (χ0n) is 22.1. The van der Waals surface area contributed by atoms with Crippen molar-refractivity contribution in [3.8, 4) is 0 Å². The number of benzene rings is 1. The lowest BCUT2D eigenvalue weighted by Gasteiger charge is -2.64. The summed E-state index contributed by atoms with van der Waals surface area (Å²) < 4.78 is 17.8. The second-order valence-electron chi connectivity index (χ2n) is 11.7. The second kappa shape index (κ2) is 8.58. The molecule has 1 aromatic carbocycles. The number of Topliss-reactive ketones (excluding diaryl/α,β-unsaturated/α-hetero) is 1. The Labute approximate surface area is 221 Å². The number of carbonyl (C=O) groups is 3. The van der Waals surface area contributed by atoms with Crippen molar-refractivity contribution < 1.29 is 43.9 Å². The summed E-state index contributed by atoms with van der Waals surface area (Å²) in [6.45, 7) is 7.66. The van der Waals surface area contributed by atoms with Crippen LogP contribution in [0.5, 0.6) is 0 Å². The molecule has 8 atom stereocenters.